The topological polar surface area (TPSA) is 82.8 Å². The van der Waals surface area contributed by atoms with Crippen molar-refractivity contribution in [2.75, 3.05) is 18.0 Å². The van der Waals surface area contributed by atoms with Crippen LogP contribution >= 0.6 is 24.0 Å². The molecule has 30 heavy (non-hydrogen) atoms. The normalized spacial score (nSPS) is 14.6. The molecule has 0 atom stereocenters. The number of piperidine rings is 1. The zero-order valence-electron chi connectivity index (χ0n) is 18.0. The number of aromatic nitrogens is 1. The summed E-state index contributed by atoms with van der Waals surface area (Å²) in [5.74, 6) is 2.08. The van der Waals surface area contributed by atoms with E-state index in [2.05, 4.69) is 34.6 Å². The van der Waals surface area contributed by atoms with Gasteiger partial charge in [0.2, 0.25) is 5.91 Å². The molecule has 3 rings (SSSR count). The summed E-state index contributed by atoms with van der Waals surface area (Å²) < 4.78 is 5.37. The zero-order valence-corrected chi connectivity index (χ0v) is 20.3. The smallest absolute Gasteiger partial charge is 0.226 e. The average molecular weight is 525 g/mol. The van der Waals surface area contributed by atoms with E-state index in [0.717, 1.165) is 54.6 Å². The predicted octanol–water partition coefficient (Wildman–Crippen LogP) is 4.19. The highest BCUT2D eigenvalue weighted by Gasteiger charge is 2.19. The lowest BCUT2D eigenvalue weighted by Gasteiger charge is -2.26. The lowest BCUT2D eigenvalue weighted by atomic mass is 10.1. The zero-order chi connectivity index (χ0) is 20.6. The van der Waals surface area contributed by atoms with Gasteiger partial charge in [-0.05, 0) is 43.4 Å². The summed E-state index contributed by atoms with van der Waals surface area (Å²) in [6, 6.07) is 10.1. The number of nitrogens with zero attached hydrogens (tertiary/aromatic N) is 3. The monoisotopic (exact) mass is 525 g/mol. The lowest BCUT2D eigenvalue weighted by molar-refractivity contribution is -0.119. The molecule has 2 aromatic rings. The van der Waals surface area contributed by atoms with Gasteiger partial charge in [0.25, 0.3) is 0 Å². The van der Waals surface area contributed by atoms with Gasteiger partial charge < -0.3 is 20.1 Å². The Morgan fingerprint density at radius 1 is 1.23 bits per heavy atom. The molecule has 1 aliphatic rings. The first-order valence-electron chi connectivity index (χ1n) is 10.4. The van der Waals surface area contributed by atoms with Gasteiger partial charge in [0, 0.05) is 31.3 Å². The van der Waals surface area contributed by atoms with Gasteiger partial charge in [0.05, 0.1) is 18.8 Å². The molecule has 2 heterocycles. The minimum absolute atomic E-state index is 0. The molecule has 0 unspecified atom stereocenters. The summed E-state index contributed by atoms with van der Waals surface area (Å²) in [5, 5.41) is 10.6. The second-order valence-corrected chi connectivity index (χ2v) is 7.59. The lowest BCUT2D eigenvalue weighted by Crippen LogP contribution is -2.36. The summed E-state index contributed by atoms with van der Waals surface area (Å²) in [4.78, 5) is 18.6. The number of carbonyl (C=O) groups is 1. The van der Waals surface area contributed by atoms with Crippen LogP contribution in [-0.4, -0.2) is 30.1 Å². The third-order valence-electron chi connectivity index (χ3n) is 4.93. The fourth-order valence-corrected chi connectivity index (χ4v) is 3.23. The highest BCUT2D eigenvalue weighted by atomic mass is 127. The van der Waals surface area contributed by atoms with Crippen LogP contribution < -0.4 is 15.5 Å². The van der Waals surface area contributed by atoms with Gasteiger partial charge >= 0.3 is 0 Å². The van der Waals surface area contributed by atoms with E-state index in [4.69, 9.17) is 4.52 Å². The summed E-state index contributed by atoms with van der Waals surface area (Å²) in [5.41, 5.74) is 3.02. The Morgan fingerprint density at radius 3 is 2.63 bits per heavy atom. The van der Waals surface area contributed by atoms with Crippen LogP contribution in [0.2, 0.25) is 0 Å². The summed E-state index contributed by atoms with van der Waals surface area (Å²) in [7, 11) is 0. The third kappa shape index (κ3) is 6.72. The van der Waals surface area contributed by atoms with Gasteiger partial charge in [-0.25, -0.2) is 4.99 Å². The average Bonchev–Trinajstić information content (AvgIpc) is 3.20. The highest BCUT2D eigenvalue weighted by molar-refractivity contribution is 14.0. The minimum atomic E-state index is 0. The van der Waals surface area contributed by atoms with E-state index >= 15 is 0 Å². The quantitative estimate of drug-likeness (QED) is 0.322. The largest absolute Gasteiger partial charge is 0.359 e. The molecule has 0 radical (unpaired) electrons. The molecule has 1 aliphatic heterocycles. The van der Waals surface area contributed by atoms with Crippen molar-refractivity contribution in [3.63, 3.8) is 0 Å². The van der Waals surface area contributed by atoms with Crippen LogP contribution in [0.1, 0.15) is 63.0 Å². The van der Waals surface area contributed by atoms with Crippen LogP contribution in [0.15, 0.2) is 39.8 Å². The molecule has 8 heteroatoms. The fraction of sp³-hybridized carbons (Fsp3) is 0.500. The van der Waals surface area contributed by atoms with E-state index in [1.54, 1.807) is 0 Å². The molecule has 2 N–H and O–H groups in total. The maximum atomic E-state index is 12.1. The van der Waals surface area contributed by atoms with Crippen LogP contribution in [0.3, 0.4) is 0 Å². The number of nitrogens with one attached hydrogen (secondary N) is 2. The van der Waals surface area contributed by atoms with E-state index in [0.29, 0.717) is 25.4 Å². The van der Waals surface area contributed by atoms with Gasteiger partial charge in [-0.1, -0.05) is 31.1 Å². The van der Waals surface area contributed by atoms with E-state index in [1.807, 2.05) is 42.2 Å². The Morgan fingerprint density at radius 2 is 2.00 bits per heavy atom. The van der Waals surface area contributed by atoms with Crippen molar-refractivity contribution >= 4 is 41.5 Å². The van der Waals surface area contributed by atoms with Gasteiger partial charge in [0.15, 0.2) is 11.7 Å². The molecule has 1 aromatic heterocycles. The molecular formula is C22H32IN5O2. The number of halogens is 1. The van der Waals surface area contributed by atoms with Crippen molar-refractivity contribution in [2.45, 2.75) is 59.0 Å². The number of amides is 1. The maximum Gasteiger partial charge on any atom is 0.226 e. The number of rotatable bonds is 7. The number of guanidine groups is 1. The summed E-state index contributed by atoms with van der Waals surface area (Å²) >= 11 is 0. The van der Waals surface area contributed by atoms with Gasteiger partial charge in [0.1, 0.15) is 0 Å². The predicted molar refractivity (Wildman–Crippen MR) is 130 cm³/mol. The molecule has 7 nitrogen and oxygen atoms in total. The summed E-state index contributed by atoms with van der Waals surface area (Å²) in [6.45, 7) is 8.88. The second kappa shape index (κ2) is 11.9. The molecule has 1 aromatic carbocycles. The maximum absolute atomic E-state index is 12.1. The Balaban J connectivity index is 0.00000320. The second-order valence-electron chi connectivity index (χ2n) is 7.59. The number of benzene rings is 1. The number of carbonyl (C=O) groups excluding carboxylic acids is 1. The third-order valence-corrected chi connectivity index (χ3v) is 4.93. The highest BCUT2D eigenvalue weighted by Crippen LogP contribution is 2.21. The standard InChI is InChI=1S/C22H31N5O2.HI/c1-4-23-22(25-15-19-13-20(16(2)3)26-29-19)24-14-17-8-10-18(11-9-17)27-12-6-5-7-21(27)28;/h8-11,13,16H,4-7,12,14-15H2,1-3H3,(H2,23,24,25);1H. The Kier molecular flexibility index (Phi) is 9.61. The van der Waals surface area contributed by atoms with Crippen LogP contribution in [0.25, 0.3) is 0 Å². The molecule has 1 saturated heterocycles. The first kappa shape index (κ1) is 24.2. The van der Waals surface area contributed by atoms with Crippen LogP contribution in [0.4, 0.5) is 5.69 Å². The number of hydrogen-bond acceptors (Lipinski definition) is 4. The number of aliphatic imine (C=N–C) groups is 1. The van der Waals surface area contributed by atoms with Crippen LogP contribution in [0.5, 0.6) is 0 Å². The van der Waals surface area contributed by atoms with E-state index in [-0.39, 0.29) is 29.9 Å². The molecule has 0 aliphatic carbocycles. The molecule has 1 fully saturated rings. The first-order valence-corrected chi connectivity index (χ1v) is 10.4. The summed E-state index contributed by atoms with van der Waals surface area (Å²) in [6.07, 6.45) is 2.71. The van der Waals surface area contributed by atoms with E-state index in [9.17, 15) is 4.79 Å². The molecule has 0 saturated carbocycles. The van der Waals surface area contributed by atoms with Crippen molar-refractivity contribution in [2.24, 2.45) is 4.99 Å². The molecule has 0 spiro atoms. The van der Waals surface area contributed by atoms with Crippen LogP contribution in [-0.2, 0) is 17.9 Å². The SMILES string of the molecule is CCNC(=NCc1ccc(N2CCCCC2=O)cc1)NCc1cc(C(C)C)no1.I. The van der Waals surface area contributed by atoms with Crippen molar-refractivity contribution in [3.05, 3.63) is 47.3 Å². The van der Waals surface area contributed by atoms with Crippen molar-refractivity contribution in [1.29, 1.82) is 0 Å². The van der Waals surface area contributed by atoms with Gasteiger partial charge in [-0.15, -0.1) is 24.0 Å². The minimum Gasteiger partial charge on any atom is -0.359 e. The van der Waals surface area contributed by atoms with Gasteiger partial charge in [-0.3, -0.25) is 4.79 Å². The Labute approximate surface area is 195 Å². The van der Waals surface area contributed by atoms with E-state index < -0.39 is 0 Å². The first-order chi connectivity index (χ1) is 14.1. The molecular weight excluding hydrogens is 493 g/mol. The number of hydrogen-bond donors (Lipinski definition) is 2. The van der Waals surface area contributed by atoms with Gasteiger partial charge in [-0.2, -0.15) is 0 Å². The molecule has 1 amide bonds. The van der Waals surface area contributed by atoms with Crippen molar-refractivity contribution in [1.82, 2.24) is 15.8 Å². The van der Waals surface area contributed by atoms with Crippen LogP contribution in [0, 0.1) is 0 Å². The fourth-order valence-electron chi connectivity index (χ4n) is 3.23. The Hall–Kier alpha value is -2.10. The van der Waals surface area contributed by atoms with Crippen molar-refractivity contribution < 1.29 is 9.32 Å². The molecule has 164 valence electrons. The Bertz CT molecular complexity index is 832. The number of anilines is 1. The molecule has 0 bridgehead atoms. The van der Waals surface area contributed by atoms with Crippen molar-refractivity contribution in [3.8, 4) is 0 Å². The van der Waals surface area contributed by atoms with E-state index in [1.165, 1.54) is 0 Å².